The highest BCUT2D eigenvalue weighted by molar-refractivity contribution is 5.77. The van der Waals surface area contributed by atoms with Crippen molar-refractivity contribution in [3.05, 3.63) is 35.6 Å². The van der Waals surface area contributed by atoms with Crippen LogP contribution in [0.5, 0.6) is 0 Å². The number of carboxylic acid groups (broad SMARTS) is 1. The van der Waals surface area contributed by atoms with E-state index in [1.54, 1.807) is 0 Å². The van der Waals surface area contributed by atoms with E-state index in [2.05, 4.69) is 5.32 Å². The molecule has 1 amide bonds. The maximum atomic E-state index is 12.8. The van der Waals surface area contributed by atoms with E-state index in [9.17, 15) is 14.0 Å². The quantitative estimate of drug-likeness (QED) is 0.786. The molecule has 5 nitrogen and oxygen atoms in total. The minimum atomic E-state index is -1.04. The van der Waals surface area contributed by atoms with Gasteiger partial charge in [-0.2, -0.15) is 0 Å². The van der Waals surface area contributed by atoms with Gasteiger partial charge in [-0.3, -0.25) is 9.59 Å². The summed E-state index contributed by atoms with van der Waals surface area (Å²) in [5, 5.41) is 11.4. The Hall–Kier alpha value is -1.95. The lowest BCUT2D eigenvalue weighted by molar-refractivity contribution is -0.137. The highest BCUT2D eigenvalue weighted by Gasteiger charge is 2.17. The number of amides is 1. The highest BCUT2D eigenvalue weighted by Crippen LogP contribution is 2.17. The van der Waals surface area contributed by atoms with Gasteiger partial charge in [0.2, 0.25) is 5.91 Å². The maximum Gasteiger partial charge on any atom is 0.305 e. The summed E-state index contributed by atoms with van der Waals surface area (Å²) in [4.78, 5) is 22.4. The van der Waals surface area contributed by atoms with Gasteiger partial charge in [0, 0.05) is 13.5 Å². The number of nitrogens with one attached hydrogen (secondary N) is 1. The topological polar surface area (TPSA) is 75.6 Å². The van der Waals surface area contributed by atoms with Crippen LogP contribution in [0.1, 0.15) is 24.4 Å². The van der Waals surface area contributed by atoms with Crippen LogP contribution in [0.2, 0.25) is 0 Å². The summed E-state index contributed by atoms with van der Waals surface area (Å²) in [6, 6.07) is 4.69. The average molecular weight is 269 g/mol. The number of benzene rings is 1. The summed E-state index contributed by atoms with van der Waals surface area (Å²) < 4.78 is 17.6. The predicted molar refractivity (Wildman–Crippen MR) is 66.0 cm³/mol. The molecular formula is C13H16FNO4. The molecule has 1 unspecified atom stereocenters. The van der Waals surface area contributed by atoms with Crippen molar-refractivity contribution in [3.8, 4) is 0 Å². The molecule has 0 fully saturated rings. The van der Waals surface area contributed by atoms with Gasteiger partial charge in [-0.25, -0.2) is 4.39 Å². The van der Waals surface area contributed by atoms with Gasteiger partial charge in [-0.05, 0) is 17.7 Å². The molecule has 0 aliphatic carbocycles. The van der Waals surface area contributed by atoms with E-state index in [1.807, 2.05) is 0 Å². The standard InChI is InChI=1S/C13H16FNO4/c1-19-7-6-12(16)15-11(8-13(17)18)9-2-4-10(14)5-3-9/h2-5,11H,6-8H2,1H3,(H,15,16)(H,17,18). The highest BCUT2D eigenvalue weighted by atomic mass is 19.1. The first-order valence-electron chi connectivity index (χ1n) is 5.78. The van der Waals surface area contributed by atoms with Gasteiger partial charge in [0.05, 0.1) is 19.1 Å². The summed E-state index contributed by atoms with van der Waals surface area (Å²) in [6.45, 7) is 0.259. The molecule has 0 aromatic heterocycles. The Labute approximate surface area is 110 Å². The fraction of sp³-hybridized carbons (Fsp3) is 0.385. The molecule has 1 aromatic rings. The number of carbonyl (C=O) groups excluding carboxylic acids is 1. The van der Waals surface area contributed by atoms with Crippen LogP contribution >= 0.6 is 0 Å². The van der Waals surface area contributed by atoms with Crippen LogP contribution in [0.3, 0.4) is 0 Å². The number of halogens is 1. The van der Waals surface area contributed by atoms with Gasteiger partial charge < -0.3 is 15.2 Å². The Bertz CT molecular complexity index is 433. The fourth-order valence-electron chi connectivity index (χ4n) is 1.58. The second-order valence-electron chi connectivity index (χ2n) is 4.01. The Morgan fingerprint density at radius 2 is 2.00 bits per heavy atom. The molecule has 0 radical (unpaired) electrons. The van der Waals surface area contributed by atoms with Crippen molar-refractivity contribution >= 4 is 11.9 Å². The maximum absolute atomic E-state index is 12.8. The van der Waals surface area contributed by atoms with Gasteiger partial charge in [0.15, 0.2) is 0 Å². The minimum absolute atomic E-state index is 0.147. The second-order valence-corrected chi connectivity index (χ2v) is 4.01. The van der Waals surface area contributed by atoms with Crippen molar-refractivity contribution in [2.24, 2.45) is 0 Å². The van der Waals surface area contributed by atoms with Crippen molar-refractivity contribution in [1.82, 2.24) is 5.32 Å². The zero-order valence-corrected chi connectivity index (χ0v) is 10.6. The number of hydrogen-bond donors (Lipinski definition) is 2. The number of hydrogen-bond acceptors (Lipinski definition) is 3. The SMILES string of the molecule is COCCC(=O)NC(CC(=O)O)c1ccc(F)cc1. The number of rotatable bonds is 7. The molecule has 0 saturated carbocycles. The van der Waals surface area contributed by atoms with Crippen molar-refractivity contribution in [1.29, 1.82) is 0 Å². The average Bonchev–Trinajstić information content (AvgIpc) is 2.36. The molecule has 0 heterocycles. The summed E-state index contributed by atoms with van der Waals surface area (Å²) in [5.74, 6) is -1.76. The number of aliphatic carboxylic acids is 1. The second kappa shape index (κ2) is 7.48. The number of methoxy groups -OCH3 is 1. The minimum Gasteiger partial charge on any atom is -0.481 e. The molecule has 1 rings (SSSR count). The van der Waals surface area contributed by atoms with Crippen molar-refractivity contribution in [2.45, 2.75) is 18.9 Å². The van der Waals surface area contributed by atoms with Gasteiger partial charge in [0.1, 0.15) is 5.82 Å². The van der Waals surface area contributed by atoms with E-state index >= 15 is 0 Å². The lowest BCUT2D eigenvalue weighted by Gasteiger charge is -2.17. The molecule has 6 heteroatoms. The van der Waals surface area contributed by atoms with Gasteiger partial charge in [-0.15, -0.1) is 0 Å². The largest absolute Gasteiger partial charge is 0.481 e. The molecule has 0 aliphatic heterocycles. The molecule has 0 spiro atoms. The molecule has 0 aliphatic rings. The first-order valence-corrected chi connectivity index (χ1v) is 5.78. The molecule has 104 valence electrons. The van der Waals surface area contributed by atoms with Gasteiger partial charge in [-0.1, -0.05) is 12.1 Å². The summed E-state index contributed by atoms with van der Waals surface area (Å²) >= 11 is 0. The van der Waals surface area contributed by atoms with E-state index in [4.69, 9.17) is 9.84 Å². The summed E-state index contributed by atoms with van der Waals surface area (Å²) in [6.07, 6.45) is -0.113. The van der Waals surface area contributed by atoms with Crippen molar-refractivity contribution < 1.29 is 23.8 Å². The van der Waals surface area contributed by atoms with Crippen LogP contribution in [0.4, 0.5) is 4.39 Å². The lowest BCUT2D eigenvalue weighted by Crippen LogP contribution is -2.30. The summed E-state index contributed by atoms with van der Waals surface area (Å²) in [5.41, 5.74) is 0.551. The molecule has 1 atom stereocenters. The number of carbonyl (C=O) groups is 2. The van der Waals surface area contributed by atoms with E-state index < -0.39 is 17.8 Å². The normalized spacial score (nSPS) is 11.9. The third-order valence-electron chi connectivity index (χ3n) is 2.52. The van der Waals surface area contributed by atoms with E-state index in [0.717, 1.165) is 0 Å². The first kappa shape index (κ1) is 15.1. The van der Waals surface area contributed by atoms with Crippen LogP contribution in [-0.2, 0) is 14.3 Å². The summed E-state index contributed by atoms with van der Waals surface area (Å²) in [7, 11) is 1.47. The third kappa shape index (κ3) is 5.48. The molecule has 2 N–H and O–H groups in total. The van der Waals surface area contributed by atoms with Crippen LogP contribution in [0, 0.1) is 5.82 Å². The van der Waals surface area contributed by atoms with Crippen molar-refractivity contribution in [2.75, 3.05) is 13.7 Å². The molecule has 1 aromatic carbocycles. The molecule has 0 bridgehead atoms. The fourth-order valence-corrected chi connectivity index (χ4v) is 1.58. The van der Waals surface area contributed by atoms with Crippen LogP contribution in [0.15, 0.2) is 24.3 Å². The van der Waals surface area contributed by atoms with Gasteiger partial charge in [0.25, 0.3) is 0 Å². The zero-order chi connectivity index (χ0) is 14.3. The first-order chi connectivity index (χ1) is 9.02. The Balaban J connectivity index is 2.74. The molecule has 0 saturated heterocycles. The lowest BCUT2D eigenvalue weighted by atomic mass is 10.0. The van der Waals surface area contributed by atoms with Crippen LogP contribution in [-0.4, -0.2) is 30.7 Å². The Morgan fingerprint density at radius 1 is 1.37 bits per heavy atom. The third-order valence-corrected chi connectivity index (χ3v) is 2.52. The molecular weight excluding hydrogens is 253 g/mol. The van der Waals surface area contributed by atoms with E-state index in [-0.39, 0.29) is 25.4 Å². The smallest absolute Gasteiger partial charge is 0.305 e. The van der Waals surface area contributed by atoms with Crippen molar-refractivity contribution in [3.63, 3.8) is 0 Å². The van der Waals surface area contributed by atoms with Crippen LogP contribution < -0.4 is 5.32 Å². The predicted octanol–water partition coefficient (Wildman–Crippen LogP) is 1.49. The Kier molecular flexibility index (Phi) is 5.95. The number of carboxylic acids is 1. The number of ether oxygens (including phenoxy) is 1. The zero-order valence-electron chi connectivity index (χ0n) is 10.6. The van der Waals surface area contributed by atoms with E-state index in [0.29, 0.717) is 5.56 Å². The van der Waals surface area contributed by atoms with Crippen LogP contribution in [0.25, 0.3) is 0 Å². The van der Waals surface area contributed by atoms with Gasteiger partial charge >= 0.3 is 5.97 Å². The van der Waals surface area contributed by atoms with E-state index in [1.165, 1.54) is 31.4 Å². The monoisotopic (exact) mass is 269 g/mol. The molecule has 19 heavy (non-hydrogen) atoms. The Morgan fingerprint density at radius 3 is 2.53 bits per heavy atom.